The molecule has 0 unspecified atom stereocenters. The third-order valence-corrected chi connectivity index (χ3v) is 12.5. The Kier molecular flexibility index (Phi) is 6.47. The Hall–Kier alpha value is -7.68. The van der Waals surface area contributed by atoms with Gasteiger partial charge in [-0.15, -0.1) is 0 Å². The molecule has 58 heavy (non-hydrogen) atoms. The molecule has 0 atom stereocenters. The second-order valence-corrected chi connectivity index (χ2v) is 15.5. The maximum atomic E-state index is 6.43. The van der Waals surface area contributed by atoms with Crippen molar-refractivity contribution in [2.24, 2.45) is 0 Å². The first-order chi connectivity index (χ1) is 28.8. The summed E-state index contributed by atoms with van der Waals surface area (Å²) in [5, 5.41) is 9.52. The molecule has 0 saturated heterocycles. The van der Waals surface area contributed by atoms with Crippen LogP contribution in [-0.4, -0.2) is 4.57 Å². The number of nitrogens with zero attached hydrogens (tertiary/aromatic N) is 1. The van der Waals surface area contributed by atoms with Gasteiger partial charge in [0.05, 0.1) is 16.7 Å². The minimum atomic E-state index is 0.910. The van der Waals surface area contributed by atoms with Crippen molar-refractivity contribution >= 4 is 65.3 Å². The van der Waals surface area contributed by atoms with E-state index in [0.717, 1.165) is 21.9 Å². The van der Waals surface area contributed by atoms with Crippen molar-refractivity contribution in [2.75, 3.05) is 0 Å². The van der Waals surface area contributed by atoms with E-state index in [-0.39, 0.29) is 0 Å². The van der Waals surface area contributed by atoms with Crippen LogP contribution in [0.3, 0.4) is 0 Å². The third-order valence-electron chi connectivity index (χ3n) is 12.5. The minimum Gasteiger partial charge on any atom is -0.456 e. The van der Waals surface area contributed by atoms with Gasteiger partial charge in [-0.25, -0.2) is 0 Å². The normalized spacial score (nSPS) is 12.1. The van der Waals surface area contributed by atoms with E-state index in [1.54, 1.807) is 0 Å². The fourth-order valence-electron chi connectivity index (χ4n) is 10.1. The number of aromatic nitrogens is 1. The van der Waals surface area contributed by atoms with Crippen LogP contribution in [0.5, 0.6) is 0 Å². The first-order valence-electron chi connectivity index (χ1n) is 20.0. The molecule has 1 aliphatic carbocycles. The van der Waals surface area contributed by atoms with Crippen LogP contribution in [-0.2, 0) is 0 Å². The summed E-state index contributed by atoms with van der Waals surface area (Å²) >= 11 is 0. The van der Waals surface area contributed by atoms with E-state index in [9.17, 15) is 0 Å². The average molecular weight is 736 g/mol. The molecule has 268 valence electrons. The predicted octanol–water partition coefficient (Wildman–Crippen LogP) is 15.6. The van der Waals surface area contributed by atoms with E-state index in [1.165, 1.54) is 105 Å². The van der Waals surface area contributed by atoms with Crippen LogP contribution in [0.1, 0.15) is 0 Å². The van der Waals surface area contributed by atoms with Gasteiger partial charge in [0.1, 0.15) is 11.2 Å². The first-order valence-corrected chi connectivity index (χ1v) is 20.0. The van der Waals surface area contributed by atoms with Crippen molar-refractivity contribution < 1.29 is 4.42 Å². The van der Waals surface area contributed by atoms with E-state index in [1.807, 2.05) is 6.07 Å². The molecule has 0 amide bonds. The maximum absolute atomic E-state index is 6.43. The van der Waals surface area contributed by atoms with E-state index < -0.39 is 0 Å². The molecule has 2 heterocycles. The summed E-state index contributed by atoms with van der Waals surface area (Å²) in [4.78, 5) is 0. The zero-order valence-corrected chi connectivity index (χ0v) is 31.4. The van der Waals surface area contributed by atoms with Gasteiger partial charge in [-0.05, 0) is 96.7 Å². The van der Waals surface area contributed by atoms with Crippen LogP contribution in [0.2, 0.25) is 0 Å². The Morgan fingerprint density at radius 3 is 1.34 bits per heavy atom. The molecular weight excluding hydrogens is 703 g/mol. The summed E-state index contributed by atoms with van der Waals surface area (Å²) in [5.41, 5.74) is 17.8. The SMILES string of the molecule is c1ccc2c(c1)-c1ccccc1-c1ccc(-c3c4ccccc4c(-n4c5ccccc5c5cc6oc7ccccc7c6cc54)c4ccccc34)cc1-c1ccccc1-2. The summed E-state index contributed by atoms with van der Waals surface area (Å²) in [5.74, 6) is 0. The number of hydrogen-bond acceptors (Lipinski definition) is 1. The van der Waals surface area contributed by atoms with Crippen molar-refractivity contribution in [3.63, 3.8) is 0 Å². The Labute approximate surface area is 334 Å². The van der Waals surface area contributed by atoms with Crippen molar-refractivity contribution in [3.05, 3.63) is 200 Å². The van der Waals surface area contributed by atoms with E-state index in [0.29, 0.717) is 0 Å². The van der Waals surface area contributed by atoms with Gasteiger partial charge in [-0.1, -0.05) is 170 Å². The molecule has 0 bridgehead atoms. The second kappa shape index (κ2) is 11.9. The lowest BCUT2D eigenvalue weighted by Crippen LogP contribution is -2.00. The maximum Gasteiger partial charge on any atom is 0.136 e. The Morgan fingerprint density at radius 2 is 0.741 bits per heavy atom. The summed E-state index contributed by atoms with van der Waals surface area (Å²) < 4.78 is 8.94. The Morgan fingerprint density at radius 1 is 0.276 bits per heavy atom. The molecule has 2 heteroatoms. The smallest absolute Gasteiger partial charge is 0.136 e. The van der Waals surface area contributed by atoms with E-state index in [2.05, 4.69) is 199 Å². The molecule has 0 spiro atoms. The number of fused-ring (bicyclic) bond motifs is 16. The summed E-state index contributed by atoms with van der Waals surface area (Å²) in [6.07, 6.45) is 0. The van der Waals surface area contributed by atoms with E-state index in [4.69, 9.17) is 4.42 Å². The van der Waals surface area contributed by atoms with Gasteiger partial charge in [0.15, 0.2) is 0 Å². The Bertz CT molecular complexity index is 3630. The van der Waals surface area contributed by atoms with E-state index >= 15 is 0 Å². The van der Waals surface area contributed by atoms with Gasteiger partial charge in [0.2, 0.25) is 0 Å². The van der Waals surface area contributed by atoms with Crippen LogP contribution in [0.4, 0.5) is 0 Å². The molecule has 0 aliphatic heterocycles. The van der Waals surface area contributed by atoms with Gasteiger partial charge in [-0.3, -0.25) is 0 Å². The zero-order chi connectivity index (χ0) is 37.9. The number of benzene rings is 10. The lowest BCUT2D eigenvalue weighted by Gasteiger charge is -2.24. The van der Waals surface area contributed by atoms with Crippen LogP contribution >= 0.6 is 0 Å². The first kappa shape index (κ1) is 31.5. The number of rotatable bonds is 2. The zero-order valence-electron chi connectivity index (χ0n) is 31.4. The van der Waals surface area contributed by atoms with Gasteiger partial charge >= 0.3 is 0 Å². The minimum absolute atomic E-state index is 0.910. The lowest BCUT2D eigenvalue weighted by atomic mass is 9.79. The summed E-state index contributed by atoms with van der Waals surface area (Å²) in [6, 6.07) is 73.6. The molecule has 0 radical (unpaired) electrons. The quantitative estimate of drug-likeness (QED) is 0.162. The summed E-state index contributed by atoms with van der Waals surface area (Å²) in [6.45, 7) is 0. The number of furan rings is 1. The van der Waals surface area contributed by atoms with Crippen molar-refractivity contribution in [2.45, 2.75) is 0 Å². The topological polar surface area (TPSA) is 18.1 Å². The molecule has 0 N–H and O–H groups in total. The standard InChI is InChI=1S/C56H33NO/c1-2-16-36-35(15-1)37-17-3-4-19-39(37)41-30-29-34(31-48(41)40-20-6-5-18-38(36)40)55-44-23-7-9-25-46(44)56(47-26-10-8-24-45(47)55)57-51-27-13-11-21-42(51)49-33-54-50(32-52(49)57)43-22-12-14-28-53(43)58-54/h1-33H. The largest absolute Gasteiger partial charge is 0.456 e. The fraction of sp³-hybridized carbons (Fsp3) is 0. The molecule has 10 aromatic carbocycles. The van der Waals surface area contributed by atoms with Crippen LogP contribution in [0, 0.1) is 0 Å². The predicted molar refractivity (Wildman–Crippen MR) is 244 cm³/mol. The van der Waals surface area contributed by atoms with Gasteiger partial charge in [0, 0.05) is 32.3 Å². The highest BCUT2D eigenvalue weighted by atomic mass is 16.3. The van der Waals surface area contributed by atoms with Crippen LogP contribution in [0.15, 0.2) is 205 Å². The van der Waals surface area contributed by atoms with Crippen LogP contribution in [0.25, 0.3) is 127 Å². The molecule has 12 aromatic rings. The highest BCUT2D eigenvalue weighted by molar-refractivity contribution is 6.23. The lowest BCUT2D eigenvalue weighted by molar-refractivity contribution is 0.669. The third kappa shape index (κ3) is 4.32. The van der Waals surface area contributed by atoms with Crippen molar-refractivity contribution in [3.8, 4) is 61.3 Å². The van der Waals surface area contributed by atoms with Crippen LogP contribution < -0.4 is 0 Å². The molecule has 0 saturated carbocycles. The highest BCUT2D eigenvalue weighted by Crippen LogP contribution is 2.50. The molecule has 2 nitrogen and oxygen atoms in total. The second-order valence-electron chi connectivity index (χ2n) is 15.5. The Balaban J connectivity index is 1.13. The molecule has 2 aromatic heterocycles. The fourth-order valence-corrected chi connectivity index (χ4v) is 10.1. The van der Waals surface area contributed by atoms with Gasteiger partial charge in [0.25, 0.3) is 0 Å². The van der Waals surface area contributed by atoms with Crippen molar-refractivity contribution in [1.82, 2.24) is 4.57 Å². The molecular formula is C56H33NO. The molecule has 1 aliphatic rings. The number of para-hydroxylation sites is 2. The summed E-state index contributed by atoms with van der Waals surface area (Å²) in [7, 11) is 0. The highest BCUT2D eigenvalue weighted by Gasteiger charge is 2.25. The number of hydrogen-bond donors (Lipinski definition) is 0. The molecule has 0 fully saturated rings. The monoisotopic (exact) mass is 735 g/mol. The van der Waals surface area contributed by atoms with Crippen molar-refractivity contribution in [1.29, 1.82) is 0 Å². The molecule has 13 rings (SSSR count). The van der Waals surface area contributed by atoms with Gasteiger partial charge < -0.3 is 8.98 Å². The van der Waals surface area contributed by atoms with Gasteiger partial charge in [-0.2, -0.15) is 0 Å². The average Bonchev–Trinajstić information content (AvgIpc) is 3.81.